The first kappa shape index (κ1) is 11.6. The molecule has 0 aliphatic heterocycles. The van der Waals surface area contributed by atoms with Gasteiger partial charge < -0.3 is 15.8 Å². The molecule has 1 heterocycles. The highest BCUT2D eigenvalue weighted by molar-refractivity contribution is 5.77. The molecule has 1 unspecified atom stereocenters. The number of carbonyl (C=O) groups excluding carboxylic acids is 1. The third-order valence-electron chi connectivity index (χ3n) is 2.51. The molecule has 0 aromatic carbocycles. The Bertz CT molecular complexity index is 433. The molecule has 3 N–H and O–H groups in total. The fourth-order valence-corrected chi connectivity index (χ4v) is 1.43. The van der Waals surface area contributed by atoms with E-state index in [0.29, 0.717) is 17.7 Å². The Kier molecular flexibility index (Phi) is 3.08. The number of nitrogens with one attached hydrogen (secondary N) is 1. The van der Waals surface area contributed by atoms with Crippen LogP contribution in [-0.4, -0.2) is 34.1 Å². The van der Waals surface area contributed by atoms with Crippen molar-refractivity contribution in [1.29, 1.82) is 0 Å². The summed E-state index contributed by atoms with van der Waals surface area (Å²) in [5.74, 6) is 1.18. The quantitative estimate of drug-likeness (QED) is 0.726. The number of methoxy groups -OCH3 is 1. The highest BCUT2D eigenvalue weighted by Gasteiger charge is 2.28. The van der Waals surface area contributed by atoms with E-state index in [1.54, 1.807) is 6.92 Å². The van der Waals surface area contributed by atoms with Crippen molar-refractivity contribution in [1.82, 2.24) is 15.0 Å². The van der Waals surface area contributed by atoms with Crippen LogP contribution in [-0.2, 0) is 9.53 Å². The summed E-state index contributed by atoms with van der Waals surface area (Å²) in [6.45, 7) is 1.67. The first-order chi connectivity index (χ1) is 8.10. The molecule has 1 atom stereocenters. The van der Waals surface area contributed by atoms with Crippen molar-refractivity contribution in [3.8, 4) is 0 Å². The molecule has 1 fully saturated rings. The minimum Gasteiger partial charge on any atom is -0.467 e. The standard InChI is InChI=1S/C10H15N5O2/c1-5(8(16)17-2)12-10-14-7(6-3-4-6)13-9(11)15-10/h5-6H,3-4H2,1-2H3,(H3,11,12,13,14,15). The van der Waals surface area contributed by atoms with Gasteiger partial charge in [0.25, 0.3) is 0 Å². The van der Waals surface area contributed by atoms with Gasteiger partial charge in [-0.05, 0) is 19.8 Å². The lowest BCUT2D eigenvalue weighted by molar-refractivity contribution is -0.141. The van der Waals surface area contributed by atoms with Crippen LogP contribution in [0.3, 0.4) is 0 Å². The molecule has 92 valence electrons. The largest absolute Gasteiger partial charge is 0.467 e. The Hall–Kier alpha value is -1.92. The maximum atomic E-state index is 11.2. The van der Waals surface area contributed by atoms with Crippen LogP contribution in [0.25, 0.3) is 0 Å². The predicted octanol–water partition coefficient (Wildman–Crippen LogP) is 0.305. The summed E-state index contributed by atoms with van der Waals surface area (Å²) < 4.78 is 4.60. The maximum Gasteiger partial charge on any atom is 0.328 e. The van der Waals surface area contributed by atoms with E-state index in [-0.39, 0.29) is 11.9 Å². The summed E-state index contributed by atoms with van der Waals surface area (Å²) in [6.07, 6.45) is 2.16. The summed E-state index contributed by atoms with van der Waals surface area (Å²) in [6, 6.07) is -0.520. The third-order valence-corrected chi connectivity index (χ3v) is 2.51. The number of anilines is 2. The average molecular weight is 237 g/mol. The molecule has 0 radical (unpaired) electrons. The van der Waals surface area contributed by atoms with Crippen LogP contribution in [0.1, 0.15) is 31.5 Å². The van der Waals surface area contributed by atoms with Crippen molar-refractivity contribution in [2.45, 2.75) is 31.7 Å². The van der Waals surface area contributed by atoms with Crippen molar-refractivity contribution in [3.05, 3.63) is 5.82 Å². The van der Waals surface area contributed by atoms with Gasteiger partial charge in [-0.15, -0.1) is 0 Å². The van der Waals surface area contributed by atoms with Gasteiger partial charge in [-0.2, -0.15) is 15.0 Å². The van der Waals surface area contributed by atoms with Crippen LogP contribution in [0.2, 0.25) is 0 Å². The van der Waals surface area contributed by atoms with E-state index in [0.717, 1.165) is 12.8 Å². The van der Waals surface area contributed by atoms with E-state index in [1.807, 2.05) is 0 Å². The zero-order chi connectivity index (χ0) is 12.4. The molecular weight excluding hydrogens is 222 g/mol. The number of rotatable bonds is 4. The number of ether oxygens (including phenoxy) is 1. The van der Waals surface area contributed by atoms with E-state index in [1.165, 1.54) is 7.11 Å². The van der Waals surface area contributed by atoms with E-state index >= 15 is 0 Å². The molecule has 7 heteroatoms. The van der Waals surface area contributed by atoms with Gasteiger partial charge in [0.1, 0.15) is 11.9 Å². The fourth-order valence-electron chi connectivity index (χ4n) is 1.43. The second kappa shape index (κ2) is 4.52. The minimum atomic E-state index is -0.520. The lowest BCUT2D eigenvalue weighted by atomic mass is 10.3. The number of nitrogen functional groups attached to an aromatic ring is 1. The van der Waals surface area contributed by atoms with Crippen LogP contribution in [0.15, 0.2) is 0 Å². The molecule has 0 amide bonds. The van der Waals surface area contributed by atoms with Crippen LogP contribution in [0.5, 0.6) is 0 Å². The summed E-state index contributed by atoms with van der Waals surface area (Å²) in [7, 11) is 1.33. The predicted molar refractivity (Wildman–Crippen MR) is 61.3 cm³/mol. The smallest absolute Gasteiger partial charge is 0.328 e. The summed E-state index contributed by atoms with van der Waals surface area (Å²) in [4.78, 5) is 23.5. The lowest BCUT2D eigenvalue weighted by Crippen LogP contribution is -2.28. The molecule has 0 spiro atoms. The summed E-state index contributed by atoms with van der Waals surface area (Å²) >= 11 is 0. The number of nitrogens with two attached hydrogens (primary N) is 1. The van der Waals surface area contributed by atoms with Gasteiger partial charge in [0.15, 0.2) is 0 Å². The van der Waals surface area contributed by atoms with Gasteiger partial charge in [-0.25, -0.2) is 4.79 Å². The zero-order valence-electron chi connectivity index (χ0n) is 9.80. The molecule has 1 aromatic heterocycles. The maximum absolute atomic E-state index is 11.2. The summed E-state index contributed by atoms with van der Waals surface area (Å²) in [5, 5.41) is 2.84. The van der Waals surface area contributed by atoms with Crippen molar-refractivity contribution in [2.24, 2.45) is 0 Å². The average Bonchev–Trinajstić information content (AvgIpc) is 3.10. The van der Waals surface area contributed by atoms with Crippen LogP contribution in [0, 0.1) is 0 Å². The van der Waals surface area contributed by atoms with Gasteiger partial charge in [0, 0.05) is 5.92 Å². The Labute approximate surface area is 98.8 Å². The topological polar surface area (TPSA) is 103 Å². The van der Waals surface area contributed by atoms with Crippen molar-refractivity contribution in [3.63, 3.8) is 0 Å². The van der Waals surface area contributed by atoms with Crippen LogP contribution in [0.4, 0.5) is 11.9 Å². The van der Waals surface area contributed by atoms with Crippen molar-refractivity contribution < 1.29 is 9.53 Å². The first-order valence-corrected chi connectivity index (χ1v) is 5.46. The number of carbonyl (C=O) groups is 1. The van der Waals surface area contributed by atoms with Crippen LogP contribution >= 0.6 is 0 Å². The van der Waals surface area contributed by atoms with E-state index < -0.39 is 6.04 Å². The molecule has 7 nitrogen and oxygen atoms in total. The molecular formula is C10H15N5O2. The van der Waals surface area contributed by atoms with Crippen molar-refractivity contribution >= 4 is 17.9 Å². The minimum absolute atomic E-state index is 0.168. The van der Waals surface area contributed by atoms with Gasteiger partial charge in [0.2, 0.25) is 11.9 Å². The highest BCUT2D eigenvalue weighted by atomic mass is 16.5. The SMILES string of the molecule is COC(=O)C(C)Nc1nc(N)nc(C2CC2)n1. The van der Waals surface area contributed by atoms with E-state index in [4.69, 9.17) is 5.73 Å². The Balaban J connectivity index is 2.12. The molecule has 1 aliphatic carbocycles. The van der Waals surface area contributed by atoms with Gasteiger partial charge >= 0.3 is 5.97 Å². The normalized spacial score (nSPS) is 16.4. The molecule has 1 aromatic rings. The number of aromatic nitrogens is 3. The zero-order valence-corrected chi connectivity index (χ0v) is 9.80. The fraction of sp³-hybridized carbons (Fsp3) is 0.600. The Morgan fingerprint density at radius 2 is 2.18 bits per heavy atom. The molecule has 2 rings (SSSR count). The third kappa shape index (κ3) is 2.80. The molecule has 17 heavy (non-hydrogen) atoms. The van der Waals surface area contributed by atoms with E-state index in [9.17, 15) is 4.79 Å². The number of nitrogens with zero attached hydrogens (tertiary/aromatic N) is 3. The first-order valence-electron chi connectivity index (χ1n) is 5.46. The molecule has 0 saturated heterocycles. The summed E-state index contributed by atoms with van der Waals surface area (Å²) in [5.41, 5.74) is 5.59. The lowest BCUT2D eigenvalue weighted by Gasteiger charge is -2.11. The van der Waals surface area contributed by atoms with Crippen LogP contribution < -0.4 is 11.1 Å². The molecule has 1 aliphatic rings. The number of esters is 1. The Morgan fingerprint density at radius 3 is 2.76 bits per heavy atom. The molecule has 1 saturated carbocycles. The second-order valence-corrected chi connectivity index (χ2v) is 4.04. The number of hydrogen-bond acceptors (Lipinski definition) is 7. The van der Waals surface area contributed by atoms with Gasteiger partial charge in [0.05, 0.1) is 7.11 Å². The monoisotopic (exact) mass is 237 g/mol. The Morgan fingerprint density at radius 1 is 1.47 bits per heavy atom. The second-order valence-electron chi connectivity index (χ2n) is 4.04. The van der Waals surface area contributed by atoms with Gasteiger partial charge in [-0.1, -0.05) is 0 Å². The number of hydrogen-bond donors (Lipinski definition) is 2. The molecule has 0 bridgehead atoms. The van der Waals surface area contributed by atoms with Crippen molar-refractivity contribution in [2.75, 3.05) is 18.2 Å². The van der Waals surface area contributed by atoms with Gasteiger partial charge in [-0.3, -0.25) is 0 Å². The van der Waals surface area contributed by atoms with E-state index in [2.05, 4.69) is 25.0 Å². The highest BCUT2D eigenvalue weighted by Crippen LogP contribution is 2.38.